The van der Waals surface area contributed by atoms with E-state index in [0.29, 0.717) is 16.5 Å². The molecule has 4 nitrogen and oxygen atoms in total. The lowest BCUT2D eigenvalue weighted by Gasteiger charge is -2.13. The van der Waals surface area contributed by atoms with Gasteiger partial charge in [-0.2, -0.15) is 5.10 Å². The SMILES string of the molecule is COc1ccc(-n2nc(C[C@@H](C(C)=O)c3cccc(C)c3)cc2-c2ccc(Cl)c(Cl)c2)cc1. The van der Waals surface area contributed by atoms with Gasteiger partial charge in [0.2, 0.25) is 0 Å². The summed E-state index contributed by atoms with van der Waals surface area (Å²) >= 11 is 12.4. The summed E-state index contributed by atoms with van der Waals surface area (Å²) in [6.45, 7) is 3.66. The Morgan fingerprint density at radius 1 is 1.00 bits per heavy atom. The third-order valence-electron chi connectivity index (χ3n) is 5.64. The third kappa shape index (κ3) is 5.13. The number of Topliss-reactive ketones (excluding diaryl/α,β-unsaturated/α-hetero) is 1. The Kier molecular flexibility index (Phi) is 6.87. The zero-order chi connectivity index (χ0) is 23.5. The molecule has 0 radical (unpaired) electrons. The average molecular weight is 479 g/mol. The van der Waals surface area contributed by atoms with Gasteiger partial charge in [0.15, 0.2) is 0 Å². The number of aromatic nitrogens is 2. The molecule has 1 aromatic heterocycles. The van der Waals surface area contributed by atoms with E-state index in [1.165, 1.54) is 0 Å². The van der Waals surface area contributed by atoms with E-state index in [2.05, 4.69) is 6.07 Å². The smallest absolute Gasteiger partial charge is 0.137 e. The molecule has 0 unspecified atom stereocenters. The quantitative estimate of drug-likeness (QED) is 0.285. The fraction of sp³-hybridized carbons (Fsp3) is 0.185. The monoisotopic (exact) mass is 478 g/mol. The van der Waals surface area contributed by atoms with Gasteiger partial charge in [0, 0.05) is 17.9 Å². The molecule has 6 heteroatoms. The number of nitrogens with zero attached hydrogens (tertiary/aromatic N) is 2. The number of halogens is 2. The number of methoxy groups -OCH3 is 1. The first-order valence-electron chi connectivity index (χ1n) is 10.6. The summed E-state index contributed by atoms with van der Waals surface area (Å²) in [5.74, 6) is 0.597. The standard InChI is InChI=1S/C27H24Cl2N2O2/c1-17-5-4-6-19(13-17)24(18(2)32)15-21-16-27(20-7-12-25(28)26(29)14-20)31(30-21)22-8-10-23(33-3)11-9-22/h4-14,16,24H,15H2,1-3H3/t24-/m0/s1. The molecular weight excluding hydrogens is 455 g/mol. The predicted molar refractivity (Wildman–Crippen MR) is 134 cm³/mol. The topological polar surface area (TPSA) is 44.1 Å². The third-order valence-corrected chi connectivity index (χ3v) is 6.38. The van der Waals surface area contributed by atoms with Crippen molar-refractivity contribution in [1.29, 1.82) is 0 Å². The van der Waals surface area contributed by atoms with Gasteiger partial charge in [0.1, 0.15) is 11.5 Å². The van der Waals surface area contributed by atoms with Gasteiger partial charge in [-0.25, -0.2) is 4.68 Å². The largest absolute Gasteiger partial charge is 0.497 e. The van der Waals surface area contributed by atoms with Crippen LogP contribution in [-0.2, 0) is 11.2 Å². The Bertz CT molecular complexity index is 1300. The molecule has 4 rings (SSSR count). The number of benzene rings is 3. The van der Waals surface area contributed by atoms with E-state index in [1.54, 1.807) is 20.1 Å². The van der Waals surface area contributed by atoms with Crippen LogP contribution in [0.5, 0.6) is 5.75 Å². The highest BCUT2D eigenvalue weighted by atomic mass is 35.5. The minimum absolute atomic E-state index is 0.107. The maximum Gasteiger partial charge on any atom is 0.137 e. The minimum Gasteiger partial charge on any atom is -0.497 e. The molecule has 0 aliphatic rings. The highest BCUT2D eigenvalue weighted by Crippen LogP contribution is 2.32. The fourth-order valence-corrected chi connectivity index (χ4v) is 4.20. The van der Waals surface area contributed by atoms with E-state index in [1.807, 2.05) is 72.3 Å². The van der Waals surface area contributed by atoms with Crippen molar-refractivity contribution in [3.8, 4) is 22.7 Å². The van der Waals surface area contributed by atoms with E-state index in [9.17, 15) is 4.79 Å². The van der Waals surface area contributed by atoms with E-state index >= 15 is 0 Å². The first-order chi connectivity index (χ1) is 15.9. The Morgan fingerprint density at radius 2 is 1.76 bits per heavy atom. The number of rotatable bonds is 7. The van der Waals surface area contributed by atoms with Crippen LogP contribution in [0, 0.1) is 6.92 Å². The van der Waals surface area contributed by atoms with Gasteiger partial charge < -0.3 is 4.74 Å². The molecule has 0 amide bonds. The molecule has 0 saturated heterocycles. The lowest BCUT2D eigenvalue weighted by Crippen LogP contribution is -2.13. The van der Waals surface area contributed by atoms with Gasteiger partial charge >= 0.3 is 0 Å². The molecule has 3 aromatic carbocycles. The van der Waals surface area contributed by atoms with Crippen LogP contribution in [0.25, 0.3) is 16.9 Å². The van der Waals surface area contributed by atoms with Crippen LogP contribution in [0.2, 0.25) is 10.0 Å². The second kappa shape index (κ2) is 9.82. The molecular formula is C27H24Cl2N2O2. The summed E-state index contributed by atoms with van der Waals surface area (Å²) < 4.78 is 7.16. The molecule has 1 heterocycles. The number of ketones is 1. The van der Waals surface area contributed by atoms with Crippen molar-refractivity contribution in [2.24, 2.45) is 0 Å². The van der Waals surface area contributed by atoms with Crippen LogP contribution in [0.4, 0.5) is 0 Å². The van der Waals surface area contributed by atoms with Crippen LogP contribution < -0.4 is 4.74 Å². The van der Waals surface area contributed by atoms with Gasteiger partial charge in [-0.05, 0) is 61.9 Å². The van der Waals surface area contributed by atoms with Gasteiger partial charge in [0.25, 0.3) is 0 Å². The van der Waals surface area contributed by atoms with E-state index < -0.39 is 0 Å². The lowest BCUT2D eigenvalue weighted by molar-refractivity contribution is -0.118. The Hall–Kier alpha value is -3.08. The zero-order valence-corrected chi connectivity index (χ0v) is 20.2. The maximum absolute atomic E-state index is 12.6. The van der Waals surface area contributed by atoms with Gasteiger partial charge in [0.05, 0.1) is 34.2 Å². The van der Waals surface area contributed by atoms with Gasteiger partial charge in [-0.15, -0.1) is 0 Å². The van der Waals surface area contributed by atoms with Crippen molar-refractivity contribution in [3.63, 3.8) is 0 Å². The van der Waals surface area contributed by atoms with Crippen LogP contribution in [0.15, 0.2) is 72.8 Å². The molecule has 0 aliphatic carbocycles. The Balaban J connectivity index is 1.79. The Morgan fingerprint density at radius 3 is 2.39 bits per heavy atom. The second-order valence-corrected chi connectivity index (χ2v) is 8.86. The number of carbonyl (C=O) groups excluding carboxylic acids is 1. The number of carbonyl (C=O) groups is 1. The number of aryl methyl sites for hydroxylation is 1. The van der Waals surface area contributed by atoms with Crippen molar-refractivity contribution in [1.82, 2.24) is 9.78 Å². The van der Waals surface area contributed by atoms with Crippen LogP contribution >= 0.6 is 23.2 Å². The van der Waals surface area contributed by atoms with Gasteiger partial charge in [-0.3, -0.25) is 4.79 Å². The van der Waals surface area contributed by atoms with Crippen molar-refractivity contribution in [3.05, 3.63) is 99.7 Å². The normalized spacial score (nSPS) is 11.9. The van der Waals surface area contributed by atoms with E-state index in [4.69, 9.17) is 33.0 Å². The maximum atomic E-state index is 12.6. The molecule has 0 N–H and O–H groups in total. The van der Waals surface area contributed by atoms with Gasteiger partial charge in [-0.1, -0.05) is 59.1 Å². The minimum atomic E-state index is -0.272. The number of hydrogen-bond acceptors (Lipinski definition) is 3. The lowest BCUT2D eigenvalue weighted by atomic mass is 9.90. The van der Waals surface area contributed by atoms with Crippen LogP contribution in [0.3, 0.4) is 0 Å². The highest BCUT2D eigenvalue weighted by molar-refractivity contribution is 6.42. The molecule has 33 heavy (non-hydrogen) atoms. The molecule has 0 aliphatic heterocycles. The first kappa shape index (κ1) is 23.1. The summed E-state index contributed by atoms with van der Waals surface area (Å²) in [6.07, 6.45) is 0.496. The molecule has 0 saturated carbocycles. The van der Waals surface area contributed by atoms with Crippen molar-refractivity contribution in [2.45, 2.75) is 26.2 Å². The predicted octanol–water partition coefficient (Wildman–Crippen LogP) is 7.08. The van der Waals surface area contributed by atoms with Crippen LogP contribution in [-0.4, -0.2) is 22.7 Å². The summed E-state index contributed by atoms with van der Waals surface area (Å²) in [5, 5.41) is 5.85. The number of hydrogen-bond donors (Lipinski definition) is 0. The summed E-state index contributed by atoms with van der Waals surface area (Å²) in [5.41, 5.74) is 5.55. The summed E-state index contributed by atoms with van der Waals surface area (Å²) in [7, 11) is 1.63. The molecule has 4 aromatic rings. The molecule has 0 bridgehead atoms. The second-order valence-electron chi connectivity index (χ2n) is 8.04. The fourth-order valence-electron chi connectivity index (χ4n) is 3.90. The number of ether oxygens (including phenoxy) is 1. The van der Waals surface area contributed by atoms with E-state index in [-0.39, 0.29) is 11.7 Å². The van der Waals surface area contributed by atoms with Crippen molar-refractivity contribution < 1.29 is 9.53 Å². The summed E-state index contributed by atoms with van der Waals surface area (Å²) in [6, 6.07) is 23.3. The van der Waals surface area contributed by atoms with Crippen molar-refractivity contribution in [2.75, 3.05) is 7.11 Å². The molecule has 1 atom stereocenters. The first-order valence-corrected chi connectivity index (χ1v) is 11.4. The Labute approximate surface area is 203 Å². The molecule has 168 valence electrons. The average Bonchev–Trinajstić information content (AvgIpc) is 3.23. The van der Waals surface area contributed by atoms with E-state index in [0.717, 1.165) is 39.5 Å². The molecule has 0 fully saturated rings. The molecule has 0 spiro atoms. The zero-order valence-electron chi connectivity index (χ0n) is 18.7. The summed E-state index contributed by atoms with van der Waals surface area (Å²) in [4.78, 5) is 12.6. The highest BCUT2D eigenvalue weighted by Gasteiger charge is 2.21. The van der Waals surface area contributed by atoms with Crippen LogP contribution in [0.1, 0.15) is 29.7 Å². The van der Waals surface area contributed by atoms with Crippen molar-refractivity contribution >= 4 is 29.0 Å².